The number of hydrogen-bond donors (Lipinski definition) is 2. The van der Waals surface area contributed by atoms with Crippen molar-refractivity contribution in [3.05, 3.63) is 0 Å². The first-order chi connectivity index (χ1) is 8.24. The number of hydrogen-bond acceptors (Lipinski definition) is 2. The summed E-state index contributed by atoms with van der Waals surface area (Å²) in [4.78, 5) is 6.48. The van der Waals surface area contributed by atoms with Crippen molar-refractivity contribution in [1.82, 2.24) is 15.5 Å². The molecule has 0 rings (SSSR count). The zero-order valence-electron chi connectivity index (χ0n) is 12.5. The molecule has 0 aromatic rings. The van der Waals surface area contributed by atoms with Gasteiger partial charge in [-0.15, -0.1) is 24.0 Å². The first kappa shape index (κ1) is 20.3. The van der Waals surface area contributed by atoms with Crippen LogP contribution in [0.25, 0.3) is 0 Å². The first-order valence-corrected chi connectivity index (χ1v) is 6.87. The van der Waals surface area contributed by atoms with E-state index in [1.165, 1.54) is 25.7 Å². The van der Waals surface area contributed by atoms with Crippen LogP contribution in [0.3, 0.4) is 0 Å². The van der Waals surface area contributed by atoms with Crippen LogP contribution in [-0.2, 0) is 0 Å². The molecule has 0 aliphatic heterocycles. The fraction of sp³-hybridized carbons (Fsp3) is 0.923. The fourth-order valence-corrected chi connectivity index (χ4v) is 1.50. The van der Waals surface area contributed by atoms with Crippen LogP contribution in [0.1, 0.15) is 39.5 Å². The molecule has 5 heteroatoms. The lowest BCUT2D eigenvalue weighted by molar-refractivity contribution is 0.357. The molecule has 0 saturated heterocycles. The van der Waals surface area contributed by atoms with E-state index >= 15 is 0 Å². The highest BCUT2D eigenvalue weighted by Gasteiger charge is 1.97. The lowest BCUT2D eigenvalue weighted by atomic mass is 10.2. The molecule has 0 aliphatic carbocycles. The van der Waals surface area contributed by atoms with Crippen LogP contribution in [0.2, 0.25) is 0 Å². The third-order valence-electron chi connectivity index (χ3n) is 2.87. The van der Waals surface area contributed by atoms with Gasteiger partial charge in [0.25, 0.3) is 0 Å². The van der Waals surface area contributed by atoms with E-state index in [9.17, 15) is 0 Å². The highest BCUT2D eigenvalue weighted by molar-refractivity contribution is 14.0. The highest BCUT2D eigenvalue weighted by atomic mass is 127. The Morgan fingerprint density at radius 3 is 2.28 bits per heavy atom. The summed E-state index contributed by atoms with van der Waals surface area (Å²) >= 11 is 0. The van der Waals surface area contributed by atoms with E-state index in [0.717, 1.165) is 32.1 Å². The van der Waals surface area contributed by atoms with Crippen molar-refractivity contribution in [2.24, 2.45) is 4.99 Å². The van der Waals surface area contributed by atoms with Gasteiger partial charge in [0.1, 0.15) is 0 Å². The predicted octanol–water partition coefficient (Wildman–Crippen LogP) is 2.30. The van der Waals surface area contributed by atoms with Gasteiger partial charge in [0.05, 0.1) is 0 Å². The van der Waals surface area contributed by atoms with Crippen molar-refractivity contribution in [2.45, 2.75) is 39.5 Å². The monoisotopic (exact) mass is 370 g/mol. The third-order valence-corrected chi connectivity index (χ3v) is 2.87. The maximum absolute atomic E-state index is 4.20. The summed E-state index contributed by atoms with van der Waals surface area (Å²) < 4.78 is 0. The second-order valence-corrected chi connectivity index (χ2v) is 4.38. The summed E-state index contributed by atoms with van der Waals surface area (Å²) in [5.74, 6) is 0.922. The molecule has 0 saturated carbocycles. The van der Waals surface area contributed by atoms with Crippen LogP contribution in [-0.4, -0.2) is 51.1 Å². The molecule has 18 heavy (non-hydrogen) atoms. The fourth-order valence-electron chi connectivity index (χ4n) is 1.50. The Kier molecular flexibility index (Phi) is 16.9. The second-order valence-electron chi connectivity index (χ2n) is 4.38. The zero-order chi connectivity index (χ0) is 12.9. The van der Waals surface area contributed by atoms with E-state index in [0.29, 0.717) is 0 Å². The minimum Gasteiger partial charge on any atom is -0.356 e. The first-order valence-electron chi connectivity index (χ1n) is 6.87. The van der Waals surface area contributed by atoms with Gasteiger partial charge in [-0.3, -0.25) is 4.99 Å². The van der Waals surface area contributed by atoms with Gasteiger partial charge >= 0.3 is 0 Å². The largest absolute Gasteiger partial charge is 0.356 e. The number of nitrogens with one attached hydrogen (secondary N) is 2. The molecular weight excluding hydrogens is 339 g/mol. The van der Waals surface area contributed by atoms with Gasteiger partial charge in [0.2, 0.25) is 0 Å². The maximum atomic E-state index is 4.20. The molecular formula is C13H31IN4. The van der Waals surface area contributed by atoms with Gasteiger partial charge in [-0.05, 0) is 20.0 Å². The Morgan fingerprint density at radius 2 is 1.72 bits per heavy atom. The number of rotatable bonds is 9. The zero-order valence-corrected chi connectivity index (χ0v) is 14.8. The molecule has 0 bridgehead atoms. The third kappa shape index (κ3) is 12.4. The number of nitrogens with zero attached hydrogens (tertiary/aromatic N) is 2. The van der Waals surface area contributed by atoms with Crippen LogP contribution in [0, 0.1) is 0 Å². The average Bonchev–Trinajstić information content (AvgIpc) is 2.36. The van der Waals surface area contributed by atoms with Gasteiger partial charge in [-0.1, -0.05) is 33.1 Å². The molecule has 0 aromatic carbocycles. The van der Waals surface area contributed by atoms with Gasteiger partial charge in [0, 0.05) is 26.7 Å². The van der Waals surface area contributed by atoms with Gasteiger partial charge in [0.15, 0.2) is 5.96 Å². The van der Waals surface area contributed by atoms with Crippen molar-refractivity contribution in [1.29, 1.82) is 0 Å². The van der Waals surface area contributed by atoms with Crippen molar-refractivity contribution in [2.75, 3.05) is 40.3 Å². The smallest absolute Gasteiger partial charge is 0.191 e. The van der Waals surface area contributed by atoms with Crippen LogP contribution in [0.4, 0.5) is 0 Å². The Balaban J connectivity index is 0. The minimum atomic E-state index is 0. The summed E-state index contributed by atoms with van der Waals surface area (Å²) in [7, 11) is 3.95. The van der Waals surface area contributed by atoms with E-state index in [4.69, 9.17) is 0 Å². The number of aliphatic imine (C=N–C) groups is 1. The molecule has 4 nitrogen and oxygen atoms in total. The van der Waals surface area contributed by atoms with Crippen molar-refractivity contribution < 1.29 is 0 Å². The average molecular weight is 370 g/mol. The number of guanidine groups is 1. The van der Waals surface area contributed by atoms with E-state index in [1.54, 1.807) is 0 Å². The van der Waals surface area contributed by atoms with Crippen molar-refractivity contribution >= 4 is 29.9 Å². The normalized spacial score (nSPS) is 11.3. The van der Waals surface area contributed by atoms with E-state index in [2.05, 4.69) is 41.4 Å². The van der Waals surface area contributed by atoms with Gasteiger partial charge in [-0.25, -0.2) is 0 Å². The molecule has 0 unspecified atom stereocenters. The van der Waals surface area contributed by atoms with Crippen molar-refractivity contribution in [3.63, 3.8) is 0 Å². The molecule has 0 aromatic heterocycles. The van der Waals surface area contributed by atoms with Gasteiger partial charge in [-0.2, -0.15) is 0 Å². The maximum Gasteiger partial charge on any atom is 0.191 e. The van der Waals surface area contributed by atoms with E-state index < -0.39 is 0 Å². The van der Waals surface area contributed by atoms with E-state index in [-0.39, 0.29) is 24.0 Å². The molecule has 0 spiro atoms. The molecule has 0 amide bonds. The minimum absolute atomic E-state index is 0. The quantitative estimate of drug-likeness (QED) is 0.283. The van der Waals surface area contributed by atoms with Gasteiger partial charge < -0.3 is 15.5 Å². The van der Waals surface area contributed by atoms with Crippen molar-refractivity contribution in [3.8, 4) is 0 Å². The standard InChI is InChI=1S/C13H30N4.HI/c1-5-7-8-9-10-15-13(14-3)16-11-12-17(4)6-2;/h5-12H2,1-4H3,(H2,14,15,16);1H. The number of likely N-dealkylation sites (N-methyl/N-ethyl adjacent to an activating group) is 1. The molecule has 0 aliphatic rings. The molecule has 0 heterocycles. The Hall–Kier alpha value is -0.0400. The summed E-state index contributed by atoms with van der Waals surface area (Å²) in [6.07, 6.45) is 5.15. The van der Waals surface area contributed by atoms with Crippen LogP contribution < -0.4 is 10.6 Å². The lowest BCUT2D eigenvalue weighted by Crippen LogP contribution is -2.41. The SMILES string of the molecule is CCCCCCNC(=NC)NCCN(C)CC.I. The van der Waals surface area contributed by atoms with E-state index in [1.807, 2.05) is 7.05 Å². The Morgan fingerprint density at radius 1 is 1.06 bits per heavy atom. The molecule has 0 fully saturated rings. The molecule has 2 N–H and O–H groups in total. The Bertz CT molecular complexity index is 197. The summed E-state index contributed by atoms with van der Waals surface area (Å²) in [5, 5.41) is 6.66. The summed E-state index contributed by atoms with van der Waals surface area (Å²) in [6.45, 7) is 8.50. The highest BCUT2D eigenvalue weighted by Crippen LogP contribution is 1.96. The lowest BCUT2D eigenvalue weighted by Gasteiger charge is -2.16. The molecule has 110 valence electrons. The number of unbranched alkanes of at least 4 members (excludes halogenated alkanes) is 3. The summed E-state index contributed by atoms with van der Waals surface area (Å²) in [5.41, 5.74) is 0. The Labute approximate surface area is 130 Å². The molecule has 0 radical (unpaired) electrons. The predicted molar refractivity (Wildman–Crippen MR) is 92.1 cm³/mol. The topological polar surface area (TPSA) is 39.7 Å². The van der Waals surface area contributed by atoms with Crippen LogP contribution in [0.15, 0.2) is 4.99 Å². The van der Waals surface area contributed by atoms with Crippen LogP contribution in [0.5, 0.6) is 0 Å². The summed E-state index contributed by atoms with van der Waals surface area (Å²) in [6, 6.07) is 0. The second kappa shape index (κ2) is 15.0. The number of halogens is 1. The molecule has 0 atom stereocenters. The van der Waals surface area contributed by atoms with Crippen LogP contribution >= 0.6 is 24.0 Å².